The lowest BCUT2D eigenvalue weighted by atomic mass is 10.1. The molecule has 0 amide bonds. The van der Waals surface area contributed by atoms with Crippen LogP contribution < -0.4 is 16.4 Å². The van der Waals surface area contributed by atoms with Gasteiger partial charge in [0.15, 0.2) is 5.82 Å². The van der Waals surface area contributed by atoms with Crippen LogP contribution in [-0.2, 0) is 7.05 Å². The molecular weight excluding hydrogens is 416 g/mol. The van der Waals surface area contributed by atoms with Gasteiger partial charge in [-0.2, -0.15) is 15.2 Å². The molecule has 1 saturated heterocycles. The maximum Gasteiger partial charge on any atom is 0.229 e. The van der Waals surface area contributed by atoms with E-state index in [1.54, 1.807) is 17.1 Å². The van der Waals surface area contributed by atoms with Crippen molar-refractivity contribution in [1.82, 2.24) is 34.4 Å². The van der Waals surface area contributed by atoms with Gasteiger partial charge >= 0.3 is 0 Å². The van der Waals surface area contributed by atoms with Crippen LogP contribution in [0.25, 0.3) is 11.1 Å². The highest BCUT2D eigenvalue weighted by molar-refractivity contribution is 5.72. The molecule has 0 radical (unpaired) electrons. The Balaban J connectivity index is 1.27. The number of nitrogens with one attached hydrogen (secondary N) is 2. The second-order valence-corrected chi connectivity index (χ2v) is 8.47. The Bertz CT molecular complexity index is 1220. The lowest BCUT2D eigenvalue weighted by Gasteiger charge is -2.28. The van der Waals surface area contributed by atoms with Gasteiger partial charge in [0.25, 0.3) is 0 Å². The molecule has 1 aromatic carbocycles. The number of nitrogens with two attached hydrogens (primary N) is 1. The van der Waals surface area contributed by atoms with E-state index in [1.165, 1.54) is 0 Å². The molecule has 0 bridgehead atoms. The zero-order valence-corrected chi connectivity index (χ0v) is 18.8. The molecule has 3 aromatic heterocycles. The maximum atomic E-state index is 6.09. The van der Waals surface area contributed by atoms with E-state index in [9.17, 15) is 0 Å². The quantitative estimate of drug-likeness (QED) is 0.414. The average Bonchev–Trinajstić information content (AvgIpc) is 3.46. The van der Waals surface area contributed by atoms with E-state index >= 15 is 0 Å². The molecule has 10 nitrogen and oxygen atoms in total. The van der Waals surface area contributed by atoms with Crippen LogP contribution >= 0.6 is 0 Å². The Morgan fingerprint density at radius 3 is 2.39 bits per heavy atom. The summed E-state index contributed by atoms with van der Waals surface area (Å²) < 4.78 is 3.82. The van der Waals surface area contributed by atoms with Gasteiger partial charge in [-0.25, -0.2) is 4.98 Å². The standard InChI is InChI=1S/C23H28N10/c1-31-9-7-20(8-10-31)33-14-17(11-27-33)16-3-5-18(6-4-16)28-22-21(24)13-25-23(30-22)29-19-12-26-32(2)15-19/h3-6,11-15,20H,7-10,24H2,1-2H3,(H2,25,28,29,30). The molecule has 1 aliphatic rings. The van der Waals surface area contributed by atoms with E-state index in [0.29, 0.717) is 23.5 Å². The topological polar surface area (TPSA) is 115 Å². The summed E-state index contributed by atoms with van der Waals surface area (Å²) in [4.78, 5) is 11.1. The predicted octanol–water partition coefficient (Wildman–Crippen LogP) is 3.41. The molecule has 0 saturated carbocycles. The van der Waals surface area contributed by atoms with Crippen LogP contribution in [0.3, 0.4) is 0 Å². The molecule has 1 aliphatic heterocycles. The van der Waals surface area contributed by atoms with Gasteiger partial charge in [0.1, 0.15) is 0 Å². The summed E-state index contributed by atoms with van der Waals surface area (Å²) in [6.07, 6.45) is 11.5. The number of aromatic nitrogens is 6. The van der Waals surface area contributed by atoms with E-state index in [4.69, 9.17) is 5.73 Å². The van der Waals surface area contributed by atoms with Gasteiger partial charge in [-0.3, -0.25) is 9.36 Å². The number of hydrogen-bond acceptors (Lipinski definition) is 8. The molecule has 0 atom stereocenters. The van der Waals surface area contributed by atoms with E-state index in [1.807, 2.05) is 31.6 Å². The van der Waals surface area contributed by atoms with E-state index < -0.39 is 0 Å². The third-order valence-corrected chi connectivity index (χ3v) is 5.92. The van der Waals surface area contributed by atoms with Crippen molar-refractivity contribution in [3.05, 3.63) is 55.2 Å². The van der Waals surface area contributed by atoms with Gasteiger partial charge < -0.3 is 21.3 Å². The zero-order chi connectivity index (χ0) is 22.8. The lowest BCUT2D eigenvalue weighted by Crippen LogP contribution is -2.31. The summed E-state index contributed by atoms with van der Waals surface area (Å²) in [7, 11) is 4.03. The summed E-state index contributed by atoms with van der Waals surface area (Å²) in [6, 6.07) is 8.65. The van der Waals surface area contributed by atoms with E-state index in [-0.39, 0.29) is 0 Å². The largest absolute Gasteiger partial charge is 0.394 e. The summed E-state index contributed by atoms with van der Waals surface area (Å²) in [5.41, 5.74) is 10.5. The molecule has 5 rings (SSSR count). The van der Waals surface area contributed by atoms with Crippen LogP contribution in [0.2, 0.25) is 0 Å². The Morgan fingerprint density at radius 1 is 0.879 bits per heavy atom. The molecular formula is C23H28N10. The fraction of sp³-hybridized carbons (Fsp3) is 0.304. The lowest BCUT2D eigenvalue weighted by molar-refractivity contribution is 0.212. The molecule has 10 heteroatoms. The second-order valence-electron chi connectivity index (χ2n) is 8.47. The van der Waals surface area contributed by atoms with E-state index in [0.717, 1.165) is 48.4 Å². The molecule has 0 unspecified atom stereocenters. The second kappa shape index (κ2) is 8.91. The molecule has 170 valence electrons. The third kappa shape index (κ3) is 4.80. The fourth-order valence-electron chi connectivity index (χ4n) is 4.00. The number of rotatable bonds is 6. The Morgan fingerprint density at radius 2 is 1.67 bits per heavy atom. The van der Waals surface area contributed by atoms with E-state index in [2.05, 4.69) is 65.8 Å². The van der Waals surface area contributed by atoms with Crippen molar-refractivity contribution in [2.45, 2.75) is 18.9 Å². The van der Waals surface area contributed by atoms with Gasteiger partial charge in [-0.1, -0.05) is 12.1 Å². The normalized spacial score (nSPS) is 15.0. The number of nitrogens with zero attached hydrogens (tertiary/aromatic N) is 7. The molecule has 1 fully saturated rings. The highest BCUT2D eigenvalue weighted by Crippen LogP contribution is 2.27. The number of nitrogen functional groups attached to an aromatic ring is 1. The molecule has 4 N–H and O–H groups in total. The number of piperidine rings is 1. The van der Waals surface area contributed by atoms with Crippen molar-refractivity contribution in [3.63, 3.8) is 0 Å². The third-order valence-electron chi connectivity index (χ3n) is 5.92. The van der Waals surface area contributed by atoms with Crippen LogP contribution in [0.4, 0.5) is 28.8 Å². The summed E-state index contributed by atoms with van der Waals surface area (Å²) >= 11 is 0. The first-order chi connectivity index (χ1) is 16.0. The van der Waals surface area contributed by atoms with Crippen molar-refractivity contribution < 1.29 is 0 Å². The zero-order valence-electron chi connectivity index (χ0n) is 18.8. The minimum absolute atomic E-state index is 0.442. The monoisotopic (exact) mass is 444 g/mol. The minimum Gasteiger partial charge on any atom is -0.394 e. The van der Waals surface area contributed by atoms with Crippen molar-refractivity contribution in [3.8, 4) is 11.1 Å². The van der Waals surface area contributed by atoms with Gasteiger partial charge in [-0.05, 0) is 50.7 Å². The number of benzene rings is 1. The van der Waals surface area contributed by atoms with Crippen LogP contribution in [0.15, 0.2) is 55.2 Å². The first-order valence-corrected chi connectivity index (χ1v) is 11.0. The Hall–Kier alpha value is -3.92. The van der Waals surface area contributed by atoms with Crippen molar-refractivity contribution in [2.24, 2.45) is 7.05 Å². The predicted molar refractivity (Wildman–Crippen MR) is 130 cm³/mol. The maximum absolute atomic E-state index is 6.09. The molecule has 0 spiro atoms. The highest BCUT2D eigenvalue weighted by Gasteiger charge is 2.19. The molecule has 4 aromatic rings. The van der Waals surface area contributed by atoms with Crippen molar-refractivity contribution >= 4 is 28.8 Å². The Labute approximate surface area is 192 Å². The SMILES string of the molecule is CN1CCC(n2cc(-c3ccc(Nc4nc(Nc5cnn(C)c5)ncc4N)cc3)cn2)CC1. The van der Waals surface area contributed by atoms with Crippen LogP contribution in [-0.4, -0.2) is 54.6 Å². The summed E-state index contributed by atoms with van der Waals surface area (Å²) in [5.74, 6) is 0.983. The summed E-state index contributed by atoms with van der Waals surface area (Å²) in [5, 5.41) is 15.2. The number of aryl methyl sites for hydroxylation is 1. The fourth-order valence-corrected chi connectivity index (χ4v) is 4.00. The average molecular weight is 445 g/mol. The molecule has 4 heterocycles. The van der Waals surface area contributed by atoms with Gasteiger partial charge in [0, 0.05) is 30.7 Å². The van der Waals surface area contributed by atoms with Gasteiger partial charge in [-0.15, -0.1) is 0 Å². The Kier molecular flexibility index (Phi) is 5.66. The molecule has 33 heavy (non-hydrogen) atoms. The summed E-state index contributed by atoms with van der Waals surface area (Å²) in [6.45, 7) is 2.23. The van der Waals surface area contributed by atoms with Crippen LogP contribution in [0.5, 0.6) is 0 Å². The van der Waals surface area contributed by atoms with Crippen molar-refractivity contribution in [2.75, 3.05) is 36.5 Å². The first kappa shape index (κ1) is 21.0. The highest BCUT2D eigenvalue weighted by atomic mass is 15.3. The van der Waals surface area contributed by atoms with Gasteiger partial charge in [0.2, 0.25) is 5.95 Å². The van der Waals surface area contributed by atoms with Crippen LogP contribution in [0.1, 0.15) is 18.9 Å². The number of likely N-dealkylation sites (tertiary alicyclic amines) is 1. The van der Waals surface area contributed by atoms with Crippen LogP contribution in [0, 0.1) is 0 Å². The smallest absolute Gasteiger partial charge is 0.229 e. The number of hydrogen-bond donors (Lipinski definition) is 3. The van der Waals surface area contributed by atoms with Gasteiger partial charge in [0.05, 0.1) is 36.0 Å². The first-order valence-electron chi connectivity index (χ1n) is 11.0. The minimum atomic E-state index is 0.442. The molecule has 0 aliphatic carbocycles. The van der Waals surface area contributed by atoms with Crippen molar-refractivity contribution in [1.29, 1.82) is 0 Å². The number of anilines is 5.